The summed E-state index contributed by atoms with van der Waals surface area (Å²) in [6.45, 7) is 7.78. The van der Waals surface area contributed by atoms with Crippen molar-refractivity contribution in [3.63, 3.8) is 0 Å². The predicted molar refractivity (Wildman–Crippen MR) is 116 cm³/mol. The molecule has 0 aliphatic rings. The minimum absolute atomic E-state index is 0. The van der Waals surface area contributed by atoms with Crippen LogP contribution in [0.2, 0.25) is 0 Å². The van der Waals surface area contributed by atoms with Gasteiger partial charge in [0, 0.05) is 38.6 Å². The Labute approximate surface area is 172 Å². The molecule has 0 unspecified atom stereocenters. The van der Waals surface area contributed by atoms with Crippen LogP contribution in [0.3, 0.4) is 0 Å². The van der Waals surface area contributed by atoms with Crippen molar-refractivity contribution >= 4 is 47.4 Å². The van der Waals surface area contributed by atoms with Gasteiger partial charge in [0.25, 0.3) is 0 Å². The zero-order valence-electron chi connectivity index (χ0n) is 15.8. The van der Waals surface area contributed by atoms with Crippen molar-refractivity contribution < 1.29 is 9.53 Å². The molecule has 1 heterocycles. The van der Waals surface area contributed by atoms with Gasteiger partial charge in [0.05, 0.1) is 0 Å². The second-order valence-corrected chi connectivity index (χ2v) is 7.54. The minimum atomic E-state index is -0.463. The molecule has 1 amide bonds. The van der Waals surface area contributed by atoms with Crippen molar-refractivity contribution in [2.24, 2.45) is 4.99 Å². The summed E-state index contributed by atoms with van der Waals surface area (Å²) in [4.78, 5) is 19.3. The summed E-state index contributed by atoms with van der Waals surface area (Å²) in [5, 5.41) is 8.16. The van der Waals surface area contributed by atoms with Gasteiger partial charge >= 0.3 is 6.09 Å². The Morgan fingerprint density at radius 2 is 2.00 bits per heavy atom. The van der Waals surface area contributed by atoms with Crippen LogP contribution in [-0.2, 0) is 11.2 Å². The van der Waals surface area contributed by atoms with Crippen molar-refractivity contribution in [1.29, 1.82) is 0 Å². The molecule has 1 aromatic heterocycles. The van der Waals surface area contributed by atoms with E-state index in [4.69, 9.17) is 4.74 Å². The Morgan fingerprint density at radius 1 is 1.32 bits per heavy atom. The van der Waals surface area contributed by atoms with Gasteiger partial charge < -0.3 is 20.3 Å². The molecule has 0 saturated carbocycles. The zero-order chi connectivity index (χ0) is 18.0. The predicted octanol–water partition coefficient (Wildman–Crippen LogP) is 3.33. The summed E-state index contributed by atoms with van der Waals surface area (Å²) in [5.41, 5.74) is -0.463. The van der Waals surface area contributed by atoms with Crippen LogP contribution < -0.4 is 10.6 Å². The lowest BCUT2D eigenvalue weighted by molar-refractivity contribution is 0.0527. The highest BCUT2D eigenvalue weighted by Gasteiger charge is 2.15. The molecule has 0 aromatic carbocycles. The first-order valence-electron chi connectivity index (χ1n) is 8.23. The van der Waals surface area contributed by atoms with Crippen molar-refractivity contribution in [2.45, 2.75) is 39.2 Å². The SMILES string of the molecule is CN=C(NCCCNC(=O)OC(C)(C)C)N(C)CCc1cccs1.I. The van der Waals surface area contributed by atoms with Crippen molar-refractivity contribution in [3.8, 4) is 0 Å². The standard InChI is InChI=1S/C17H30N4O2S.HI/c1-17(2,3)23-16(22)20-11-7-10-19-15(18-4)21(5)12-9-14-8-6-13-24-14;/h6,8,13H,7,9-12H2,1-5H3,(H,18,19)(H,20,22);1H. The third-order valence-electron chi connectivity index (χ3n) is 3.15. The van der Waals surface area contributed by atoms with E-state index in [-0.39, 0.29) is 30.1 Å². The smallest absolute Gasteiger partial charge is 0.407 e. The molecule has 2 N–H and O–H groups in total. The monoisotopic (exact) mass is 482 g/mol. The van der Waals surface area contributed by atoms with Crippen LogP contribution in [0.1, 0.15) is 32.1 Å². The van der Waals surface area contributed by atoms with Crippen LogP contribution in [0.25, 0.3) is 0 Å². The van der Waals surface area contributed by atoms with E-state index in [1.807, 2.05) is 27.8 Å². The summed E-state index contributed by atoms with van der Waals surface area (Å²) in [6, 6.07) is 4.22. The van der Waals surface area contributed by atoms with E-state index in [0.717, 1.165) is 31.9 Å². The molecule has 6 nitrogen and oxygen atoms in total. The van der Waals surface area contributed by atoms with Crippen LogP contribution in [0.5, 0.6) is 0 Å². The third-order valence-corrected chi connectivity index (χ3v) is 4.09. The number of carbonyl (C=O) groups is 1. The van der Waals surface area contributed by atoms with Crippen molar-refractivity contribution in [1.82, 2.24) is 15.5 Å². The summed E-state index contributed by atoms with van der Waals surface area (Å²) in [5.74, 6) is 0.865. The summed E-state index contributed by atoms with van der Waals surface area (Å²) in [7, 11) is 3.81. The van der Waals surface area contributed by atoms with Gasteiger partial charge in [0.2, 0.25) is 0 Å². The fourth-order valence-electron chi connectivity index (χ4n) is 2.02. The van der Waals surface area contributed by atoms with Gasteiger partial charge in [0.1, 0.15) is 5.60 Å². The number of aliphatic imine (C=N–C) groups is 1. The average Bonchev–Trinajstić information content (AvgIpc) is 3.00. The van der Waals surface area contributed by atoms with Crippen LogP contribution in [-0.4, -0.2) is 56.3 Å². The molecule has 0 atom stereocenters. The second-order valence-electron chi connectivity index (χ2n) is 6.51. The zero-order valence-corrected chi connectivity index (χ0v) is 18.9. The molecule has 0 aliphatic carbocycles. The van der Waals surface area contributed by atoms with E-state index in [1.165, 1.54) is 4.88 Å². The van der Waals surface area contributed by atoms with E-state index in [9.17, 15) is 4.79 Å². The number of nitrogens with zero attached hydrogens (tertiary/aromatic N) is 2. The number of nitrogens with one attached hydrogen (secondary N) is 2. The largest absolute Gasteiger partial charge is 0.444 e. The topological polar surface area (TPSA) is 66.0 Å². The number of thiophene rings is 1. The van der Waals surface area contributed by atoms with Crippen LogP contribution in [0.15, 0.2) is 22.5 Å². The molecule has 25 heavy (non-hydrogen) atoms. The number of hydrogen-bond donors (Lipinski definition) is 2. The number of hydrogen-bond acceptors (Lipinski definition) is 4. The number of halogens is 1. The van der Waals surface area contributed by atoms with Crippen molar-refractivity contribution in [2.75, 3.05) is 33.7 Å². The van der Waals surface area contributed by atoms with E-state index in [2.05, 4.69) is 38.0 Å². The molecule has 144 valence electrons. The second kappa shape index (κ2) is 12.3. The highest BCUT2D eigenvalue weighted by atomic mass is 127. The molecule has 1 rings (SSSR count). The number of rotatable bonds is 7. The lowest BCUT2D eigenvalue weighted by Crippen LogP contribution is -2.41. The summed E-state index contributed by atoms with van der Waals surface area (Å²) >= 11 is 1.78. The fourth-order valence-corrected chi connectivity index (χ4v) is 2.71. The molecule has 8 heteroatoms. The highest BCUT2D eigenvalue weighted by molar-refractivity contribution is 14.0. The van der Waals surface area contributed by atoms with Gasteiger partial charge in [-0.1, -0.05) is 6.07 Å². The molecular formula is C17H31IN4O2S. The number of carbonyl (C=O) groups excluding carboxylic acids is 1. The maximum absolute atomic E-state index is 11.5. The maximum atomic E-state index is 11.5. The summed E-state index contributed by atoms with van der Waals surface area (Å²) in [6.07, 6.45) is 1.44. The number of amides is 1. The molecule has 0 spiro atoms. The molecule has 0 fully saturated rings. The first-order valence-corrected chi connectivity index (χ1v) is 9.11. The fraction of sp³-hybridized carbons (Fsp3) is 0.647. The van der Waals surface area contributed by atoms with Gasteiger partial charge in [-0.15, -0.1) is 35.3 Å². The van der Waals surface area contributed by atoms with E-state index in [0.29, 0.717) is 6.54 Å². The number of guanidine groups is 1. The van der Waals surface area contributed by atoms with Crippen LogP contribution in [0.4, 0.5) is 4.79 Å². The Kier molecular flexibility index (Phi) is 11.8. The first-order chi connectivity index (χ1) is 11.3. The van der Waals surface area contributed by atoms with E-state index in [1.54, 1.807) is 18.4 Å². The number of likely N-dealkylation sites (N-methyl/N-ethyl adjacent to an activating group) is 1. The van der Waals surface area contributed by atoms with Crippen molar-refractivity contribution in [3.05, 3.63) is 22.4 Å². The van der Waals surface area contributed by atoms with Gasteiger partial charge in [-0.25, -0.2) is 4.79 Å². The Morgan fingerprint density at radius 3 is 2.56 bits per heavy atom. The molecule has 0 aliphatic heterocycles. The van der Waals surface area contributed by atoms with Crippen LogP contribution >= 0.6 is 35.3 Å². The van der Waals surface area contributed by atoms with Gasteiger partial charge in [-0.3, -0.25) is 4.99 Å². The highest BCUT2D eigenvalue weighted by Crippen LogP contribution is 2.09. The first kappa shape index (κ1) is 24.0. The Hall–Kier alpha value is -1.03. The van der Waals surface area contributed by atoms with Gasteiger partial charge in [-0.2, -0.15) is 0 Å². The van der Waals surface area contributed by atoms with Crippen LogP contribution in [0, 0.1) is 0 Å². The van der Waals surface area contributed by atoms with Gasteiger partial charge in [0.15, 0.2) is 5.96 Å². The number of alkyl carbamates (subject to hydrolysis) is 1. The lowest BCUT2D eigenvalue weighted by Gasteiger charge is -2.22. The third kappa shape index (κ3) is 11.2. The maximum Gasteiger partial charge on any atom is 0.407 e. The molecule has 0 radical (unpaired) electrons. The average molecular weight is 482 g/mol. The van der Waals surface area contributed by atoms with Gasteiger partial charge in [-0.05, 0) is 45.1 Å². The normalized spacial score (nSPS) is 11.5. The molecule has 0 saturated heterocycles. The molecule has 1 aromatic rings. The summed E-state index contributed by atoms with van der Waals surface area (Å²) < 4.78 is 5.19. The molecular weight excluding hydrogens is 451 g/mol. The Balaban J connectivity index is 0.00000576. The Bertz CT molecular complexity index is 515. The quantitative estimate of drug-likeness (QED) is 0.271. The number of ether oxygens (including phenoxy) is 1. The van der Waals surface area contributed by atoms with E-state index >= 15 is 0 Å². The minimum Gasteiger partial charge on any atom is -0.444 e. The lowest BCUT2D eigenvalue weighted by atomic mass is 10.2. The van der Waals surface area contributed by atoms with E-state index < -0.39 is 5.60 Å². The molecule has 0 bridgehead atoms.